The van der Waals surface area contributed by atoms with Crippen molar-refractivity contribution in [1.29, 1.82) is 0 Å². The fourth-order valence-electron chi connectivity index (χ4n) is 2.41. The molecule has 4 nitrogen and oxygen atoms in total. The molecule has 100 valence electrons. The Balaban J connectivity index is 2.27. The van der Waals surface area contributed by atoms with Crippen molar-refractivity contribution in [3.63, 3.8) is 0 Å². The van der Waals surface area contributed by atoms with Crippen molar-refractivity contribution < 1.29 is 10.2 Å². The van der Waals surface area contributed by atoms with Gasteiger partial charge in [-0.25, -0.2) is 4.98 Å². The minimum Gasteiger partial charge on any atom is -0.394 e. The summed E-state index contributed by atoms with van der Waals surface area (Å²) in [6, 6.07) is 1.83. The van der Waals surface area contributed by atoms with Gasteiger partial charge in [0.15, 0.2) is 0 Å². The SMILES string of the molecule is OCc1cnc(N2CCCCCC2CO)c(Cl)c1. The number of hydrogen-bond acceptors (Lipinski definition) is 4. The quantitative estimate of drug-likeness (QED) is 0.882. The van der Waals surface area contributed by atoms with Gasteiger partial charge in [-0.2, -0.15) is 0 Å². The zero-order valence-corrected chi connectivity index (χ0v) is 11.1. The monoisotopic (exact) mass is 270 g/mol. The van der Waals surface area contributed by atoms with Gasteiger partial charge in [0.1, 0.15) is 5.82 Å². The molecule has 1 aliphatic rings. The Morgan fingerprint density at radius 1 is 1.33 bits per heavy atom. The number of anilines is 1. The first kappa shape index (κ1) is 13.6. The molecule has 0 aliphatic carbocycles. The van der Waals surface area contributed by atoms with E-state index in [0.29, 0.717) is 10.6 Å². The molecular formula is C13H19ClN2O2. The number of pyridine rings is 1. The van der Waals surface area contributed by atoms with E-state index in [-0.39, 0.29) is 19.3 Å². The van der Waals surface area contributed by atoms with Crippen LogP contribution in [0.3, 0.4) is 0 Å². The summed E-state index contributed by atoms with van der Waals surface area (Å²) < 4.78 is 0. The van der Waals surface area contributed by atoms with Crippen molar-refractivity contribution >= 4 is 17.4 Å². The summed E-state index contributed by atoms with van der Waals surface area (Å²) in [6.07, 6.45) is 6.01. The number of hydrogen-bond donors (Lipinski definition) is 2. The lowest BCUT2D eigenvalue weighted by Gasteiger charge is -2.30. The number of nitrogens with zero attached hydrogens (tertiary/aromatic N) is 2. The van der Waals surface area contributed by atoms with Gasteiger partial charge in [0.05, 0.1) is 24.3 Å². The minimum absolute atomic E-state index is 0.0591. The van der Waals surface area contributed by atoms with Crippen molar-refractivity contribution in [2.75, 3.05) is 18.1 Å². The molecule has 1 atom stereocenters. The largest absolute Gasteiger partial charge is 0.394 e. The normalized spacial score (nSPS) is 20.8. The predicted molar refractivity (Wildman–Crippen MR) is 71.9 cm³/mol. The summed E-state index contributed by atoms with van der Waals surface area (Å²) in [5.41, 5.74) is 0.708. The number of aromatic nitrogens is 1. The maximum Gasteiger partial charge on any atom is 0.147 e. The Morgan fingerprint density at radius 3 is 2.83 bits per heavy atom. The van der Waals surface area contributed by atoms with Gasteiger partial charge in [-0.1, -0.05) is 24.4 Å². The molecular weight excluding hydrogens is 252 g/mol. The Hall–Kier alpha value is -0.840. The lowest BCUT2D eigenvalue weighted by atomic mass is 10.1. The molecule has 0 radical (unpaired) electrons. The zero-order valence-electron chi connectivity index (χ0n) is 10.3. The molecule has 0 bridgehead atoms. The van der Waals surface area contributed by atoms with Crippen LogP contribution in [0.25, 0.3) is 0 Å². The predicted octanol–water partition coefficient (Wildman–Crippen LogP) is 1.97. The van der Waals surface area contributed by atoms with Crippen LogP contribution in [0.2, 0.25) is 5.02 Å². The van der Waals surface area contributed by atoms with E-state index in [1.807, 2.05) is 0 Å². The van der Waals surface area contributed by atoms with Crippen LogP contribution in [-0.2, 0) is 6.61 Å². The van der Waals surface area contributed by atoms with Gasteiger partial charge in [-0.3, -0.25) is 0 Å². The highest BCUT2D eigenvalue weighted by atomic mass is 35.5. The summed E-state index contributed by atoms with van der Waals surface area (Å²) in [6.45, 7) is 0.937. The van der Waals surface area contributed by atoms with Gasteiger partial charge in [0.25, 0.3) is 0 Å². The summed E-state index contributed by atoms with van der Waals surface area (Å²) in [4.78, 5) is 6.43. The Labute approximate surface area is 112 Å². The van der Waals surface area contributed by atoms with Crippen LogP contribution in [0.15, 0.2) is 12.3 Å². The van der Waals surface area contributed by atoms with E-state index in [1.54, 1.807) is 12.3 Å². The van der Waals surface area contributed by atoms with Crippen molar-refractivity contribution in [3.8, 4) is 0 Å². The van der Waals surface area contributed by atoms with Gasteiger partial charge >= 0.3 is 0 Å². The molecule has 1 unspecified atom stereocenters. The first-order valence-electron chi connectivity index (χ1n) is 6.39. The topological polar surface area (TPSA) is 56.6 Å². The Morgan fingerprint density at radius 2 is 2.17 bits per heavy atom. The first-order chi connectivity index (χ1) is 8.76. The second-order valence-corrected chi connectivity index (χ2v) is 5.09. The van der Waals surface area contributed by atoms with Gasteiger partial charge in [-0.15, -0.1) is 0 Å². The molecule has 5 heteroatoms. The van der Waals surface area contributed by atoms with Gasteiger partial charge in [-0.05, 0) is 24.5 Å². The highest BCUT2D eigenvalue weighted by Crippen LogP contribution is 2.29. The first-order valence-corrected chi connectivity index (χ1v) is 6.77. The molecule has 0 saturated carbocycles. The molecule has 1 aromatic rings. The fraction of sp³-hybridized carbons (Fsp3) is 0.615. The van der Waals surface area contributed by atoms with E-state index in [9.17, 15) is 5.11 Å². The van der Waals surface area contributed by atoms with Gasteiger partial charge < -0.3 is 15.1 Å². The zero-order chi connectivity index (χ0) is 13.0. The van der Waals surface area contributed by atoms with Crippen molar-refractivity contribution in [2.24, 2.45) is 0 Å². The average molecular weight is 271 g/mol. The Bertz CT molecular complexity index is 401. The number of aliphatic hydroxyl groups is 2. The minimum atomic E-state index is -0.0591. The van der Waals surface area contributed by atoms with E-state index >= 15 is 0 Å². The van der Waals surface area contributed by atoms with Gasteiger partial charge in [0.2, 0.25) is 0 Å². The third-order valence-corrected chi connectivity index (χ3v) is 3.70. The van der Waals surface area contributed by atoms with E-state index in [4.69, 9.17) is 16.7 Å². The standard InChI is InChI=1S/C13H19ClN2O2/c14-12-6-10(8-17)7-15-13(12)16-5-3-1-2-4-11(16)9-18/h6-7,11,17-18H,1-5,8-9H2. The highest BCUT2D eigenvalue weighted by Gasteiger charge is 2.23. The number of halogens is 1. The number of aliphatic hydroxyl groups excluding tert-OH is 2. The molecule has 2 N–H and O–H groups in total. The maximum absolute atomic E-state index is 9.49. The smallest absolute Gasteiger partial charge is 0.147 e. The van der Waals surface area contributed by atoms with Crippen LogP contribution in [0, 0.1) is 0 Å². The molecule has 2 rings (SSSR count). The van der Waals surface area contributed by atoms with Crippen molar-refractivity contribution in [1.82, 2.24) is 4.98 Å². The second kappa shape index (κ2) is 6.36. The number of rotatable bonds is 3. The van der Waals surface area contributed by atoms with E-state index < -0.39 is 0 Å². The summed E-state index contributed by atoms with van der Waals surface area (Å²) >= 11 is 6.22. The van der Waals surface area contributed by atoms with Crippen LogP contribution in [0.4, 0.5) is 5.82 Å². The van der Waals surface area contributed by atoms with Crippen LogP contribution in [0.5, 0.6) is 0 Å². The van der Waals surface area contributed by atoms with Crippen LogP contribution in [0.1, 0.15) is 31.2 Å². The van der Waals surface area contributed by atoms with Crippen molar-refractivity contribution in [2.45, 2.75) is 38.3 Å². The molecule has 1 aliphatic heterocycles. The fourth-order valence-corrected chi connectivity index (χ4v) is 2.71. The van der Waals surface area contributed by atoms with Gasteiger partial charge in [0, 0.05) is 12.7 Å². The lowest BCUT2D eigenvalue weighted by molar-refractivity contribution is 0.254. The van der Waals surface area contributed by atoms with Crippen LogP contribution in [-0.4, -0.2) is 34.4 Å². The molecule has 1 saturated heterocycles. The van der Waals surface area contributed by atoms with Crippen molar-refractivity contribution in [3.05, 3.63) is 22.8 Å². The second-order valence-electron chi connectivity index (χ2n) is 4.69. The molecule has 0 amide bonds. The average Bonchev–Trinajstić information content (AvgIpc) is 2.63. The summed E-state index contributed by atoms with van der Waals surface area (Å²) in [5.74, 6) is 0.717. The highest BCUT2D eigenvalue weighted by molar-refractivity contribution is 6.33. The third kappa shape index (κ3) is 2.94. The molecule has 1 fully saturated rings. The summed E-state index contributed by atoms with van der Waals surface area (Å²) in [5, 5.41) is 19.1. The molecule has 0 spiro atoms. The molecule has 18 heavy (non-hydrogen) atoms. The van der Waals surface area contributed by atoms with Crippen LogP contribution >= 0.6 is 11.6 Å². The lowest BCUT2D eigenvalue weighted by Crippen LogP contribution is -2.38. The summed E-state index contributed by atoms with van der Waals surface area (Å²) in [7, 11) is 0. The van der Waals surface area contributed by atoms with E-state index in [1.165, 1.54) is 6.42 Å². The maximum atomic E-state index is 9.49. The van der Waals surface area contributed by atoms with E-state index in [0.717, 1.165) is 31.6 Å². The molecule has 2 heterocycles. The Kier molecular flexibility index (Phi) is 4.80. The third-order valence-electron chi connectivity index (χ3n) is 3.42. The van der Waals surface area contributed by atoms with E-state index in [2.05, 4.69) is 9.88 Å². The molecule has 0 aromatic carbocycles. The van der Waals surface area contributed by atoms with Crippen LogP contribution < -0.4 is 4.90 Å². The molecule has 1 aromatic heterocycles.